The molecule has 0 atom stereocenters. The molecule has 1 aliphatic carbocycles. The first kappa shape index (κ1) is 19.4. The van der Waals surface area contributed by atoms with E-state index in [1.165, 1.54) is 11.3 Å². The number of hydrogen-bond acceptors (Lipinski definition) is 7. The second-order valence-electron chi connectivity index (χ2n) is 7.46. The molecule has 9 heteroatoms. The summed E-state index contributed by atoms with van der Waals surface area (Å²) in [6.45, 7) is 4.99. The lowest BCUT2D eigenvalue weighted by Gasteiger charge is -2.29. The molecule has 0 radical (unpaired) electrons. The lowest BCUT2D eigenvalue weighted by Crippen LogP contribution is -2.32. The lowest BCUT2D eigenvalue weighted by atomic mass is 9.92. The summed E-state index contributed by atoms with van der Waals surface area (Å²) in [7, 11) is 0. The second kappa shape index (κ2) is 8.24. The molecule has 1 saturated carbocycles. The van der Waals surface area contributed by atoms with E-state index in [9.17, 15) is 8.78 Å². The Kier molecular flexibility index (Phi) is 5.73. The van der Waals surface area contributed by atoms with Gasteiger partial charge in [-0.2, -0.15) is 0 Å². The average Bonchev–Trinajstić information content (AvgIpc) is 2.93. The standard InChI is InChI=1S/C19H25F2N5OS/c1-13-12-28-18(22-13)17-24-15(23-14-3-5-19(20,21)6-4-14)11-16(25-17)26-7-2-9-27-10-8-26/h11-12,14H,2-10H2,1H3,(H,23,24,25). The molecule has 4 rings (SSSR count). The van der Waals surface area contributed by atoms with Gasteiger partial charge in [0.05, 0.1) is 6.61 Å². The van der Waals surface area contributed by atoms with Crippen molar-refractivity contribution in [3.8, 4) is 10.8 Å². The van der Waals surface area contributed by atoms with E-state index in [0.29, 0.717) is 31.1 Å². The van der Waals surface area contributed by atoms with E-state index in [-0.39, 0.29) is 18.9 Å². The van der Waals surface area contributed by atoms with Gasteiger partial charge in [0, 0.05) is 55.7 Å². The molecule has 1 N–H and O–H groups in total. The molecule has 0 unspecified atom stereocenters. The number of nitrogens with one attached hydrogen (secondary N) is 1. The van der Waals surface area contributed by atoms with Crippen LogP contribution in [-0.2, 0) is 4.74 Å². The van der Waals surface area contributed by atoms with Gasteiger partial charge in [-0.3, -0.25) is 0 Å². The molecule has 28 heavy (non-hydrogen) atoms. The van der Waals surface area contributed by atoms with Gasteiger partial charge in [0.2, 0.25) is 5.92 Å². The van der Waals surface area contributed by atoms with E-state index in [2.05, 4.69) is 20.2 Å². The number of halogens is 2. The van der Waals surface area contributed by atoms with E-state index < -0.39 is 5.92 Å². The molecular weight excluding hydrogens is 384 g/mol. The molecule has 2 aromatic rings. The van der Waals surface area contributed by atoms with Gasteiger partial charge >= 0.3 is 0 Å². The summed E-state index contributed by atoms with van der Waals surface area (Å²) in [5.74, 6) is -0.463. The van der Waals surface area contributed by atoms with Gasteiger partial charge in [-0.15, -0.1) is 11.3 Å². The van der Waals surface area contributed by atoms with Crippen molar-refractivity contribution in [1.29, 1.82) is 0 Å². The summed E-state index contributed by atoms with van der Waals surface area (Å²) in [5, 5.41) is 6.11. The number of rotatable bonds is 4. The minimum atomic E-state index is -2.54. The van der Waals surface area contributed by atoms with Crippen molar-refractivity contribution in [2.75, 3.05) is 36.5 Å². The molecule has 0 spiro atoms. The fourth-order valence-corrected chi connectivity index (χ4v) is 4.32. The third-order valence-corrected chi connectivity index (χ3v) is 6.09. The van der Waals surface area contributed by atoms with Crippen molar-refractivity contribution in [3.63, 3.8) is 0 Å². The molecule has 2 aliphatic rings. The van der Waals surface area contributed by atoms with Crippen LogP contribution >= 0.6 is 11.3 Å². The number of thiazole rings is 1. The quantitative estimate of drug-likeness (QED) is 0.819. The Morgan fingerprint density at radius 3 is 2.75 bits per heavy atom. The zero-order chi connectivity index (χ0) is 19.6. The van der Waals surface area contributed by atoms with E-state index in [1.54, 1.807) is 0 Å². The molecule has 0 amide bonds. The predicted octanol–water partition coefficient (Wildman–Crippen LogP) is 4.13. The molecule has 2 aromatic heterocycles. The van der Waals surface area contributed by atoms with Gasteiger partial charge in [0.15, 0.2) is 10.8 Å². The highest BCUT2D eigenvalue weighted by atomic mass is 32.1. The highest BCUT2D eigenvalue weighted by Crippen LogP contribution is 2.34. The topological polar surface area (TPSA) is 63.2 Å². The number of hydrogen-bond donors (Lipinski definition) is 1. The Morgan fingerprint density at radius 1 is 1.18 bits per heavy atom. The number of anilines is 2. The number of alkyl halides is 2. The summed E-state index contributed by atoms with van der Waals surface area (Å²) in [6.07, 6.45) is 1.66. The third-order valence-electron chi connectivity index (χ3n) is 5.14. The van der Waals surface area contributed by atoms with Crippen LogP contribution in [0.25, 0.3) is 10.8 Å². The normalized spacial score (nSPS) is 20.8. The molecule has 2 fully saturated rings. The first-order valence-corrected chi connectivity index (χ1v) is 10.7. The summed E-state index contributed by atoms with van der Waals surface area (Å²) < 4.78 is 32.5. The van der Waals surface area contributed by atoms with Gasteiger partial charge in [0.1, 0.15) is 11.6 Å². The SMILES string of the molecule is Cc1csc(-c2nc(NC3CCC(F)(F)CC3)cc(N3CCCOCC3)n2)n1. The minimum absolute atomic E-state index is 0.000669. The fourth-order valence-electron chi connectivity index (χ4n) is 3.59. The maximum atomic E-state index is 13.5. The zero-order valence-corrected chi connectivity index (χ0v) is 16.8. The highest BCUT2D eigenvalue weighted by Gasteiger charge is 2.35. The molecule has 1 saturated heterocycles. The maximum absolute atomic E-state index is 13.5. The molecule has 3 heterocycles. The zero-order valence-electron chi connectivity index (χ0n) is 16.0. The van der Waals surface area contributed by atoms with Crippen molar-refractivity contribution in [2.45, 2.75) is 51.0 Å². The van der Waals surface area contributed by atoms with E-state index >= 15 is 0 Å². The van der Waals surface area contributed by atoms with Crippen LogP contribution in [0.15, 0.2) is 11.4 Å². The summed E-state index contributed by atoms with van der Waals surface area (Å²) in [4.78, 5) is 16.1. The van der Waals surface area contributed by atoms with Crippen LogP contribution < -0.4 is 10.2 Å². The summed E-state index contributed by atoms with van der Waals surface area (Å²) in [5.41, 5.74) is 0.932. The van der Waals surface area contributed by atoms with Crippen LogP contribution in [0.4, 0.5) is 20.4 Å². The molecule has 0 aromatic carbocycles. The Balaban J connectivity index is 1.60. The average molecular weight is 410 g/mol. The largest absolute Gasteiger partial charge is 0.380 e. The first-order chi connectivity index (χ1) is 13.5. The van der Waals surface area contributed by atoms with Crippen LogP contribution in [0.2, 0.25) is 0 Å². The van der Waals surface area contributed by atoms with Crippen LogP contribution in [0, 0.1) is 6.92 Å². The molecule has 152 valence electrons. The minimum Gasteiger partial charge on any atom is -0.380 e. The molecule has 6 nitrogen and oxygen atoms in total. The van der Waals surface area contributed by atoms with Gasteiger partial charge in [-0.1, -0.05) is 0 Å². The monoisotopic (exact) mass is 409 g/mol. The smallest absolute Gasteiger partial charge is 0.248 e. The Labute approximate surface area is 167 Å². The lowest BCUT2D eigenvalue weighted by molar-refractivity contribution is -0.0361. The Morgan fingerprint density at radius 2 is 2.00 bits per heavy atom. The van der Waals surface area contributed by atoms with Crippen molar-refractivity contribution in [2.24, 2.45) is 0 Å². The van der Waals surface area contributed by atoms with Crippen LogP contribution in [0.5, 0.6) is 0 Å². The van der Waals surface area contributed by atoms with E-state index in [1.807, 2.05) is 18.4 Å². The Hall–Kier alpha value is -1.87. The van der Waals surface area contributed by atoms with Crippen LogP contribution in [0.3, 0.4) is 0 Å². The van der Waals surface area contributed by atoms with Crippen LogP contribution in [-0.4, -0.2) is 53.2 Å². The highest BCUT2D eigenvalue weighted by molar-refractivity contribution is 7.13. The number of nitrogens with zero attached hydrogens (tertiary/aromatic N) is 4. The van der Waals surface area contributed by atoms with Gasteiger partial charge in [-0.25, -0.2) is 23.7 Å². The third kappa shape index (κ3) is 4.75. The van der Waals surface area contributed by atoms with Crippen molar-refractivity contribution < 1.29 is 13.5 Å². The molecular formula is C19H25F2N5OS. The number of ether oxygens (including phenoxy) is 1. The maximum Gasteiger partial charge on any atom is 0.248 e. The van der Waals surface area contributed by atoms with Crippen LogP contribution in [0.1, 0.15) is 37.8 Å². The number of aryl methyl sites for hydroxylation is 1. The van der Waals surface area contributed by atoms with E-state index in [4.69, 9.17) is 9.72 Å². The van der Waals surface area contributed by atoms with Crippen molar-refractivity contribution in [3.05, 3.63) is 17.1 Å². The van der Waals surface area contributed by atoms with Gasteiger partial charge in [-0.05, 0) is 26.2 Å². The van der Waals surface area contributed by atoms with E-state index in [0.717, 1.165) is 42.6 Å². The molecule has 0 bridgehead atoms. The second-order valence-corrected chi connectivity index (χ2v) is 8.31. The Bertz CT molecular complexity index is 797. The number of aromatic nitrogens is 3. The van der Waals surface area contributed by atoms with Crippen molar-refractivity contribution >= 4 is 23.0 Å². The van der Waals surface area contributed by atoms with Gasteiger partial charge < -0.3 is 15.0 Å². The first-order valence-electron chi connectivity index (χ1n) is 9.77. The fraction of sp³-hybridized carbons (Fsp3) is 0.632. The summed E-state index contributed by atoms with van der Waals surface area (Å²) in [6, 6.07) is 1.92. The van der Waals surface area contributed by atoms with Gasteiger partial charge in [0.25, 0.3) is 0 Å². The predicted molar refractivity (Wildman–Crippen MR) is 106 cm³/mol. The summed E-state index contributed by atoms with van der Waals surface area (Å²) >= 11 is 1.51. The van der Waals surface area contributed by atoms with Crippen molar-refractivity contribution in [1.82, 2.24) is 15.0 Å². The molecule has 1 aliphatic heterocycles.